The molecule has 0 aliphatic rings. The van der Waals surface area contributed by atoms with Crippen molar-refractivity contribution in [2.75, 3.05) is 0 Å². The average Bonchev–Trinajstić information content (AvgIpc) is 2.38. The fraction of sp³-hybridized carbons (Fsp3) is 0.294. The van der Waals surface area contributed by atoms with E-state index in [4.69, 9.17) is 16.3 Å². The van der Waals surface area contributed by atoms with E-state index in [2.05, 4.69) is 32.9 Å². The van der Waals surface area contributed by atoms with Gasteiger partial charge in [0.25, 0.3) is 0 Å². The predicted octanol–water partition coefficient (Wildman–Crippen LogP) is 5.45. The lowest BCUT2D eigenvalue weighted by atomic mass is 10.1. The quantitative estimate of drug-likeness (QED) is 0.676. The van der Waals surface area contributed by atoms with Gasteiger partial charge < -0.3 is 4.74 Å². The van der Waals surface area contributed by atoms with Crippen molar-refractivity contribution in [3.63, 3.8) is 0 Å². The monoisotopic (exact) mass is 274 g/mol. The Morgan fingerprint density at radius 2 is 1.63 bits per heavy atom. The summed E-state index contributed by atoms with van der Waals surface area (Å²) >= 11 is 5.88. The summed E-state index contributed by atoms with van der Waals surface area (Å²) < 4.78 is 6.09. The van der Waals surface area contributed by atoms with E-state index in [1.807, 2.05) is 25.1 Å². The molecule has 0 fully saturated rings. The zero-order chi connectivity index (χ0) is 14.0. The molecule has 0 saturated carbocycles. The second-order valence-electron chi connectivity index (χ2n) is 5.04. The summed E-state index contributed by atoms with van der Waals surface area (Å²) in [6.45, 7) is 8.33. The molecule has 0 unspecified atom stereocenters. The fourth-order valence-electron chi connectivity index (χ4n) is 2.06. The zero-order valence-corrected chi connectivity index (χ0v) is 12.6. The highest BCUT2D eigenvalue weighted by Gasteiger charge is 2.08. The second kappa shape index (κ2) is 5.66. The fourth-order valence-corrected chi connectivity index (χ4v) is 2.23. The molecule has 2 aromatic carbocycles. The van der Waals surface area contributed by atoms with Crippen molar-refractivity contribution in [3.8, 4) is 11.5 Å². The summed E-state index contributed by atoms with van der Waals surface area (Å²) in [6.07, 6.45) is 0. The molecule has 1 nitrogen and oxygen atoms in total. The summed E-state index contributed by atoms with van der Waals surface area (Å²) in [4.78, 5) is 0. The Morgan fingerprint density at radius 1 is 0.895 bits per heavy atom. The number of halogens is 1. The minimum atomic E-state index is 0.502. The van der Waals surface area contributed by atoms with Gasteiger partial charge in [-0.05, 0) is 67.6 Å². The van der Waals surface area contributed by atoms with E-state index in [-0.39, 0.29) is 0 Å². The Bertz CT molecular complexity index is 602. The van der Waals surface area contributed by atoms with Crippen LogP contribution in [0.2, 0.25) is 0 Å². The van der Waals surface area contributed by atoms with Crippen molar-refractivity contribution in [1.29, 1.82) is 0 Å². The number of aryl methyl sites for hydroxylation is 3. The molecular formula is C17H19ClO. The minimum absolute atomic E-state index is 0.502. The summed E-state index contributed by atoms with van der Waals surface area (Å²) in [5.74, 6) is 2.31. The molecule has 0 amide bonds. The smallest absolute Gasteiger partial charge is 0.130 e. The Kier molecular flexibility index (Phi) is 4.16. The second-order valence-corrected chi connectivity index (χ2v) is 5.31. The normalized spacial score (nSPS) is 10.6. The van der Waals surface area contributed by atoms with Gasteiger partial charge in [0.2, 0.25) is 0 Å². The topological polar surface area (TPSA) is 9.23 Å². The highest BCUT2D eigenvalue weighted by atomic mass is 35.5. The van der Waals surface area contributed by atoms with Crippen molar-refractivity contribution < 1.29 is 4.74 Å². The molecule has 2 heteroatoms. The number of alkyl halides is 1. The van der Waals surface area contributed by atoms with Crippen LogP contribution >= 0.6 is 11.6 Å². The van der Waals surface area contributed by atoms with Crippen molar-refractivity contribution in [1.82, 2.24) is 0 Å². The van der Waals surface area contributed by atoms with Gasteiger partial charge in [-0.2, -0.15) is 0 Å². The SMILES string of the molecule is Cc1cc(C)c(C)c(Oc2cc(CCl)ccc2C)c1. The van der Waals surface area contributed by atoms with Crippen LogP contribution in [0.5, 0.6) is 11.5 Å². The Morgan fingerprint density at radius 3 is 2.32 bits per heavy atom. The van der Waals surface area contributed by atoms with Crippen LogP contribution in [0, 0.1) is 27.7 Å². The summed E-state index contributed by atoms with van der Waals surface area (Å²) in [5, 5.41) is 0. The maximum Gasteiger partial charge on any atom is 0.130 e. The van der Waals surface area contributed by atoms with Gasteiger partial charge >= 0.3 is 0 Å². The van der Waals surface area contributed by atoms with Gasteiger partial charge in [-0.3, -0.25) is 0 Å². The highest BCUT2D eigenvalue weighted by molar-refractivity contribution is 6.17. The van der Waals surface area contributed by atoms with E-state index in [0.29, 0.717) is 5.88 Å². The standard InChI is InChI=1S/C17H19ClO/c1-11-7-13(3)14(4)17(8-11)19-16-9-15(10-18)6-5-12(16)2/h5-9H,10H2,1-4H3. The molecule has 100 valence electrons. The van der Waals surface area contributed by atoms with Crippen LogP contribution in [0.15, 0.2) is 30.3 Å². The Labute approximate surface area is 120 Å². The van der Waals surface area contributed by atoms with Crippen LogP contribution in [0.3, 0.4) is 0 Å². The van der Waals surface area contributed by atoms with Gasteiger partial charge in [0.05, 0.1) is 0 Å². The summed E-state index contributed by atoms with van der Waals surface area (Å²) in [5.41, 5.74) is 5.84. The number of ether oxygens (including phenoxy) is 1. The zero-order valence-electron chi connectivity index (χ0n) is 11.9. The maximum absolute atomic E-state index is 6.09. The molecule has 0 spiro atoms. The van der Waals surface area contributed by atoms with Crippen LogP contribution in [-0.4, -0.2) is 0 Å². The van der Waals surface area contributed by atoms with Gasteiger partial charge in [-0.25, -0.2) is 0 Å². The van der Waals surface area contributed by atoms with Gasteiger partial charge in [0.1, 0.15) is 11.5 Å². The average molecular weight is 275 g/mol. The molecule has 0 saturated heterocycles. The minimum Gasteiger partial charge on any atom is -0.457 e. The molecule has 2 aromatic rings. The first kappa shape index (κ1) is 14.0. The van der Waals surface area contributed by atoms with Crippen molar-refractivity contribution in [3.05, 3.63) is 58.1 Å². The molecular weight excluding hydrogens is 256 g/mol. The first-order valence-electron chi connectivity index (χ1n) is 6.42. The first-order valence-corrected chi connectivity index (χ1v) is 6.96. The Hall–Kier alpha value is -1.47. The molecule has 0 N–H and O–H groups in total. The molecule has 0 heterocycles. The predicted molar refractivity (Wildman–Crippen MR) is 81.5 cm³/mol. The molecule has 0 bridgehead atoms. The first-order chi connectivity index (χ1) is 9.01. The van der Waals surface area contributed by atoms with Gasteiger partial charge in [0, 0.05) is 5.88 Å². The van der Waals surface area contributed by atoms with E-state index < -0.39 is 0 Å². The highest BCUT2D eigenvalue weighted by Crippen LogP contribution is 2.31. The number of hydrogen-bond donors (Lipinski definition) is 0. The third-order valence-corrected chi connectivity index (χ3v) is 3.70. The molecule has 0 radical (unpaired) electrons. The molecule has 0 aliphatic carbocycles. The van der Waals surface area contributed by atoms with E-state index in [9.17, 15) is 0 Å². The molecule has 0 atom stereocenters. The lowest BCUT2D eigenvalue weighted by Crippen LogP contribution is -1.94. The molecule has 0 aromatic heterocycles. The van der Waals surface area contributed by atoms with Crippen LogP contribution in [0.1, 0.15) is 27.8 Å². The largest absolute Gasteiger partial charge is 0.457 e. The van der Waals surface area contributed by atoms with Crippen molar-refractivity contribution in [2.24, 2.45) is 0 Å². The van der Waals surface area contributed by atoms with Gasteiger partial charge in [-0.15, -0.1) is 11.6 Å². The van der Waals surface area contributed by atoms with Crippen molar-refractivity contribution >= 4 is 11.6 Å². The lowest BCUT2D eigenvalue weighted by Gasteiger charge is -2.14. The number of benzene rings is 2. The number of hydrogen-bond acceptors (Lipinski definition) is 1. The van der Waals surface area contributed by atoms with E-state index >= 15 is 0 Å². The molecule has 19 heavy (non-hydrogen) atoms. The third kappa shape index (κ3) is 3.10. The summed E-state index contributed by atoms with van der Waals surface area (Å²) in [6, 6.07) is 10.3. The van der Waals surface area contributed by atoms with Gasteiger partial charge in [0.15, 0.2) is 0 Å². The lowest BCUT2D eigenvalue weighted by molar-refractivity contribution is 0.474. The van der Waals surface area contributed by atoms with E-state index in [1.54, 1.807) is 0 Å². The van der Waals surface area contributed by atoms with Crippen LogP contribution in [0.4, 0.5) is 0 Å². The summed E-state index contributed by atoms with van der Waals surface area (Å²) in [7, 11) is 0. The van der Waals surface area contributed by atoms with Crippen molar-refractivity contribution in [2.45, 2.75) is 33.6 Å². The molecule has 2 rings (SSSR count). The van der Waals surface area contributed by atoms with Crippen LogP contribution in [0.25, 0.3) is 0 Å². The molecule has 0 aliphatic heterocycles. The maximum atomic E-state index is 6.09. The van der Waals surface area contributed by atoms with Gasteiger partial charge in [-0.1, -0.05) is 18.2 Å². The number of rotatable bonds is 3. The van der Waals surface area contributed by atoms with E-state index in [1.165, 1.54) is 16.7 Å². The Balaban J connectivity index is 2.41. The van der Waals surface area contributed by atoms with E-state index in [0.717, 1.165) is 22.6 Å². The third-order valence-electron chi connectivity index (χ3n) is 3.39. The van der Waals surface area contributed by atoms with Crippen LogP contribution < -0.4 is 4.74 Å². The van der Waals surface area contributed by atoms with Crippen LogP contribution in [-0.2, 0) is 5.88 Å².